The molecule has 24 heavy (non-hydrogen) atoms. The minimum atomic E-state index is -0.262. The van der Waals surface area contributed by atoms with Crippen LogP contribution in [0.4, 0.5) is 0 Å². The van der Waals surface area contributed by atoms with E-state index in [2.05, 4.69) is 15.5 Å². The van der Waals surface area contributed by atoms with E-state index >= 15 is 0 Å². The zero-order valence-corrected chi connectivity index (χ0v) is 13.3. The molecule has 0 saturated heterocycles. The highest BCUT2D eigenvalue weighted by Gasteiger charge is 2.24. The van der Waals surface area contributed by atoms with Gasteiger partial charge in [-0.15, -0.1) is 0 Å². The summed E-state index contributed by atoms with van der Waals surface area (Å²) < 4.78 is 16.1. The van der Waals surface area contributed by atoms with Gasteiger partial charge in [0.25, 0.3) is 5.91 Å². The predicted octanol–water partition coefficient (Wildman–Crippen LogP) is 2.63. The van der Waals surface area contributed by atoms with E-state index in [1.165, 1.54) is 0 Å². The second-order valence-electron chi connectivity index (χ2n) is 5.76. The van der Waals surface area contributed by atoms with Gasteiger partial charge in [-0.2, -0.15) is 0 Å². The first-order chi connectivity index (χ1) is 11.7. The molecule has 0 spiro atoms. The molecule has 0 aliphatic heterocycles. The molecule has 7 nitrogen and oxygen atoms in total. The molecule has 0 saturated carbocycles. The van der Waals surface area contributed by atoms with Crippen molar-refractivity contribution in [1.29, 1.82) is 0 Å². The molecule has 124 valence electrons. The molecule has 1 aliphatic rings. The van der Waals surface area contributed by atoms with Crippen LogP contribution in [0.5, 0.6) is 5.75 Å². The van der Waals surface area contributed by atoms with Gasteiger partial charge >= 0.3 is 0 Å². The predicted molar refractivity (Wildman–Crippen MR) is 84.9 cm³/mol. The van der Waals surface area contributed by atoms with Crippen molar-refractivity contribution >= 4 is 17.0 Å². The van der Waals surface area contributed by atoms with Crippen LogP contribution in [0.25, 0.3) is 11.1 Å². The number of aromatic nitrogens is 2. The molecule has 7 heteroatoms. The fourth-order valence-corrected chi connectivity index (χ4v) is 2.96. The number of amides is 1. The molecule has 0 atom stereocenters. The van der Waals surface area contributed by atoms with E-state index in [1.807, 2.05) is 0 Å². The molecular weight excluding hydrogens is 310 g/mol. The van der Waals surface area contributed by atoms with Crippen LogP contribution in [0.15, 0.2) is 27.1 Å². The first-order valence-corrected chi connectivity index (χ1v) is 7.93. The maximum atomic E-state index is 12.3. The average molecular weight is 327 g/mol. The van der Waals surface area contributed by atoms with Crippen LogP contribution >= 0.6 is 0 Å². The van der Waals surface area contributed by atoms with Gasteiger partial charge in [-0.1, -0.05) is 5.16 Å². The Hall–Kier alpha value is -2.83. The van der Waals surface area contributed by atoms with Gasteiger partial charge in [0.05, 0.1) is 13.7 Å². The van der Waals surface area contributed by atoms with E-state index in [1.54, 1.807) is 25.3 Å². The van der Waals surface area contributed by atoms with Gasteiger partial charge in [0, 0.05) is 18.1 Å². The Labute approximate surface area is 138 Å². The van der Waals surface area contributed by atoms with E-state index in [0.29, 0.717) is 28.4 Å². The molecular formula is C17H17N3O4. The van der Waals surface area contributed by atoms with Gasteiger partial charge in [0.1, 0.15) is 17.0 Å². The molecule has 0 radical (unpaired) electrons. The normalized spacial score (nSPS) is 13.7. The maximum absolute atomic E-state index is 12.3. The molecule has 4 rings (SSSR count). The number of rotatable bonds is 4. The number of fused-ring (bicyclic) bond motifs is 2. The lowest BCUT2D eigenvalue weighted by Crippen LogP contribution is -2.24. The highest BCUT2D eigenvalue weighted by atomic mass is 16.5. The van der Waals surface area contributed by atoms with Crippen molar-refractivity contribution in [1.82, 2.24) is 15.5 Å². The number of ether oxygens (including phenoxy) is 1. The number of hydrogen-bond acceptors (Lipinski definition) is 6. The molecule has 1 N–H and O–H groups in total. The number of hydrogen-bond donors (Lipinski definition) is 1. The van der Waals surface area contributed by atoms with Crippen LogP contribution in [0.2, 0.25) is 0 Å². The van der Waals surface area contributed by atoms with Crippen molar-refractivity contribution in [3.8, 4) is 5.75 Å². The second-order valence-corrected chi connectivity index (χ2v) is 5.76. The molecule has 0 fully saturated rings. The van der Waals surface area contributed by atoms with Crippen molar-refractivity contribution in [2.45, 2.75) is 32.2 Å². The number of nitrogens with zero attached hydrogens (tertiary/aromatic N) is 2. The summed E-state index contributed by atoms with van der Waals surface area (Å²) in [4.78, 5) is 16.7. The quantitative estimate of drug-likeness (QED) is 0.792. The highest BCUT2D eigenvalue weighted by molar-refractivity contribution is 5.93. The van der Waals surface area contributed by atoms with Gasteiger partial charge < -0.3 is 19.0 Å². The van der Waals surface area contributed by atoms with Gasteiger partial charge in [-0.25, -0.2) is 4.98 Å². The Morgan fingerprint density at radius 1 is 1.33 bits per heavy atom. The van der Waals surface area contributed by atoms with E-state index < -0.39 is 0 Å². The van der Waals surface area contributed by atoms with Crippen molar-refractivity contribution in [2.75, 3.05) is 7.11 Å². The maximum Gasteiger partial charge on any atom is 0.274 e. The average Bonchev–Trinajstić information content (AvgIpc) is 3.22. The number of carbonyl (C=O) groups is 1. The molecule has 3 aromatic rings. The number of benzene rings is 1. The largest absolute Gasteiger partial charge is 0.497 e. The summed E-state index contributed by atoms with van der Waals surface area (Å²) in [6.45, 7) is 0.192. The Kier molecular flexibility index (Phi) is 3.68. The fraction of sp³-hybridized carbons (Fsp3) is 0.353. The van der Waals surface area contributed by atoms with Gasteiger partial charge in [-0.05, 0) is 31.4 Å². The van der Waals surface area contributed by atoms with Crippen LogP contribution in [-0.4, -0.2) is 23.2 Å². The standard InChI is InChI=1S/C17H17N3O4/c1-22-10-6-7-14-12(8-10)19-15(23-14)9-18-17(21)16-11-4-2-3-5-13(11)24-20-16/h6-8H,2-5,9H2,1H3,(H,18,21). The van der Waals surface area contributed by atoms with E-state index in [0.717, 1.165) is 37.0 Å². The van der Waals surface area contributed by atoms with Crippen LogP contribution in [0.3, 0.4) is 0 Å². The zero-order chi connectivity index (χ0) is 16.5. The Morgan fingerprint density at radius 2 is 2.21 bits per heavy atom. The van der Waals surface area contributed by atoms with Crippen LogP contribution < -0.4 is 10.1 Å². The first-order valence-electron chi connectivity index (χ1n) is 7.93. The monoisotopic (exact) mass is 327 g/mol. The summed E-state index contributed by atoms with van der Waals surface area (Å²) >= 11 is 0. The molecule has 1 aliphatic carbocycles. The minimum absolute atomic E-state index is 0.192. The molecule has 1 amide bonds. The van der Waals surface area contributed by atoms with Gasteiger partial charge in [-0.3, -0.25) is 4.79 Å². The Morgan fingerprint density at radius 3 is 3.08 bits per heavy atom. The summed E-state index contributed by atoms with van der Waals surface area (Å²) in [7, 11) is 1.60. The SMILES string of the molecule is COc1ccc2oc(CNC(=O)c3noc4c3CCCC4)nc2c1. The fourth-order valence-electron chi connectivity index (χ4n) is 2.96. The van der Waals surface area contributed by atoms with Crippen molar-refractivity contribution in [2.24, 2.45) is 0 Å². The smallest absolute Gasteiger partial charge is 0.274 e. The summed E-state index contributed by atoms with van der Waals surface area (Å²) in [5, 5.41) is 6.71. The number of oxazole rings is 1. The van der Waals surface area contributed by atoms with E-state index in [4.69, 9.17) is 13.7 Å². The summed E-state index contributed by atoms with van der Waals surface area (Å²) in [6, 6.07) is 5.39. The van der Waals surface area contributed by atoms with Crippen LogP contribution in [-0.2, 0) is 19.4 Å². The molecule has 0 unspecified atom stereocenters. The second kappa shape index (κ2) is 5.99. The zero-order valence-electron chi connectivity index (χ0n) is 13.3. The van der Waals surface area contributed by atoms with Crippen molar-refractivity contribution < 1.29 is 18.5 Å². The minimum Gasteiger partial charge on any atom is -0.497 e. The molecule has 2 heterocycles. The van der Waals surface area contributed by atoms with Crippen LogP contribution in [0.1, 0.15) is 40.5 Å². The number of nitrogens with one attached hydrogen (secondary N) is 1. The third kappa shape index (κ3) is 2.62. The summed E-state index contributed by atoms with van der Waals surface area (Å²) in [6.07, 6.45) is 3.82. The van der Waals surface area contributed by atoms with Crippen molar-refractivity contribution in [3.05, 3.63) is 41.1 Å². The topological polar surface area (TPSA) is 90.4 Å². The summed E-state index contributed by atoms with van der Waals surface area (Å²) in [5.41, 5.74) is 2.65. The lowest BCUT2D eigenvalue weighted by Gasteiger charge is -2.08. The number of carbonyl (C=O) groups excluding carboxylic acids is 1. The highest BCUT2D eigenvalue weighted by Crippen LogP contribution is 2.24. The third-order valence-corrected chi connectivity index (χ3v) is 4.20. The molecule has 0 bridgehead atoms. The Balaban J connectivity index is 1.48. The molecule has 2 aromatic heterocycles. The van der Waals surface area contributed by atoms with Crippen LogP contribution in [0, 0.1) is 0 Å². The first kappa shape index (κ1) is 14.7. The van der Waals surface area contributed by atoms with Gasteiger partial charge in [0.15, 0.2) is 11.3 Å². The Bertz CT molecular complexity index is 897. The van der Waals surface area contributed by atoms with Gasteiger partial charge in [0.2, 0.25) is 5.89 Å². The molecule has 1 aromatic carbocycles. The number of aryl methyl sites for hydroxylation is 1. The van der Waals surface area contributed by atoms with E-state index in [9.17, 15) is 4.79 Å². The third-order valence-electron chi connectivity index (χ3n) is 4.20. The lowest BCUT2D eigenvalue weighted by atomic mass is 9.96. The summed E-state index contributed by atoms with van der Waals surface area (Å²) in [5.74, 6) is 1.71. The van der Waals surface area contributed by atoms with Crippen molar-refractivity contribution in [3.63, 3.8) is 0 Å². The van der Waals surface area contributed by atoms with E-state index in [-0.39, 0.29) is 12.5 Å². The lowest BCUT2D eigenvalue weighted by molar-refractivity contribution is 0.0937. The number of methoxy groups -OCH3 is 1.